The van der Waals surface area contributed by atoms with Crippen LogP contribution in [0.1, 0.15) is 131 Å². The minimum absolute atomic E-state index is 0. The van der Waals surface area contributed by atoms with E-state index in [1.807, 2.05) is 13.8 Å². The Hall–Kier alpha value is -1.00. The molecule has 0 radical (unpaired) electrons. The summed E-state index contributed by atoms with van der Waals surface area (Å²) >= 11 is 0. The fourth-order valence-electron chi connectivity index (χ4n) is 2.62. The third-order valence-electron chi connectivity index (χ3n) is 4.37. The van der Waals surface area contributed by atoms with Crippen LogP contribution in [0.15, 0.2) is 25.3 Å². The second-order valence-corrected chi connectivity index (χ2v) is 8.22. The fourth-order valence-corrected chi connectivity index (χ4v) is 2.62. The topological polar surface area (TPSA) is 166 Å². The first-order valence-corrected chi connectivity index (χ1v) is 12.2. The van der Waals surface area contributed by atoms with Gasteiger partial charge in [0.25, 0.3) is 0 Å². The molecule has 12 nitrogen and oxygen atoms in total. The lowest BCUT2D eigenvalue weighted by Gasteiger charge is -2.37. The highest BCUT2D eigenvalue weighted by molar-refractivity contribution is 4.87. The van der Waals surface area contributed by atoms with Gasteiger partial charge < -0.3 is 39.0 Å². The van der Waals surface area contributed by atoms with Gasteiger partial charge in [-0.3, -0.25) is 10.5 Å². The van der Waals surface area contributed by atoms with Crippen LogP contribution in [-0.2, 0) is 33.5 Å². The summed E-state index contributed by atoms with van der Waals surface area (Å²) in [5, 5.41) is 47.0. The van der Waals surface area contributed by atoms with Gasteiger partial charge in [0.2, 0.25) is 0 Å². The predicted octanol–water partition coefficient (Wildman–Crippen LogP) is 9.70. The summed E-state index contributed by atoms with van der Waals surface area (Å²) < 4.78 is 27.8. The molecule has 0 heterocycles. The first-order valence-electron chi connectivity index (χ1n) is 12.2. The largest absolute Gasteiger partial charge is 0.394 e. The van der Waals surface area contributed by atoms with Crippen LogP contribution in [0.3, 0.4) is 0 Å². The van der Waals surface area contributed by atoms with E-state index >= 15 is 0 Å². The summed E-state index contributed by atoms with van der Waals surface area (Å²) in [6.07, 6.45) is -3.33. The summed E-state index contributed by atoms with van der Waals surface area (Å²) in [4.78, 5) is 9.01. The van der Waals surface area contributed by atoms with Gasteiger partial charge in [-0.25, -0.2) is 9.78 Å². The first-order chi connectivity index (χ1) is 17.6. The number of aliphatic hydroxyl groups is 3. The number of methoxy groups -OCH3 is 1. The second-order valence-electron chi connectivity index (χ2n) is 8.22. The van der Waals surface area contributed by atoms with E-state index in [1.54, 1.807) is 39.8 Å². The van der Waals surface area contributed by atoms with E-state index < -0.39 is 42.7 Å². The zero-order chi connectivity index (χ0) is 29.2. The minimum Gasteiger partial charge on any atom is -0.394 e. The monoisotopic (exact) mass is 737 g/mol. The highest BCUT2D eigenvalue weighted by atomic mass is 17.1. The molecule has 0 saturated heterocycles. The molecule has 0 aromatic rings. The summed E-state index contributed by atoms with van der Waals surface area (Å²) in [7, 11) is 1.53. The van der Waals surface area contributed by atoms with E-state index in [0.717, 1.165) is 0 Å². The van der Waals surface area contributed by atoms with E-state index in [0.29, 0.717) is 6.61 Å². The Kier molecular flexibility index (Phi) is 137. The van der Waals surface area contributed by atoms with Gasteiger partial charge in [-0.05, 0) is 41.5 Å². The second kappa shape index (κ2) is 68.9. The van der Waals surface area contributed by atoms with E-state index in [1.165, 1.54) is 7.11 Å². The van der Waals surface area contributed by atoms with Gasteiger partial charge in [0, 0.05) is 7.11 Å². The van der Waals surface area contributed by atoms with Crippen molar-refractivity contribution in [2.45, 2.75) is 179 Å². The van der Waals surface area contributed by atoms with Gasteiger partial charge in [-0.2, -0.15) is 0 Å². The van der Waals surface area contributed by atoms with Crippen molar-refractivity contribution in [3.63, 3.8) is 0 Å². The van der Waals surface area contributed by atoms with E-state index in [-0.39, 0.29) is 128 Å². The molecule has 0 bridgehead atoms. The maximum atomic E-state index is 9.60. The number of rotatable bonds is 20. The molecule has 0 saturated carbocycles. The normalized spacial score (nSPS) is 13.1. The third-order valence-corrected chi connectivity index (χ3v) is 4.37. The van der Waals surface area contributed by atoms with Crippen LogP contribution in [0.5, 0.6) is 0 Å². The molecular formula is C37H100O12. The molecule has 5 N–H and O–H groups in total. The summed E-state index contributed by atoms with van der Waals surface area (Å²) in [6.45, 7) is 16.2. The maximum absolute atomic E-state index is 9.60. The summed E-state index contributed by atoms with van der Waals surface area (Å²) in [6, 6.07) is 0. The molecule has 8 atom stereocenters. The molecule has 12 heteroatoms. The summed E-state index contributed by atoms with van der Waals surface area (Å²) in [5.41, 5.74) is 0. The average molecular weight is 737 g/mol. The van der Waals surface area contributed by atoms with Gasteiger partial charge in [-0.1, -0.05) is 101 Å². The van der Waals surface area contributed by atoms with Crippen LogP contribution in [0.2, 0.25) is 0 Å². The lowest BCUT2D eigenvalue weighted by molar-refractivity contribution is -0.383. The zero-order valence-electron chi connectivity index (χ0n) is 23.5. The molecule has 49 heavy (non-hydrogen) atoms. The highest BCUT2D eigenvalue weighted by Crippen LogP contribution is 2.21. The summed E-state index contributed by atoms with van der Waals surface area (Å²) in [5.74, 6) is 0. The molecule has 0 aliphatic rings. The average Bonchev–Trinajstić information content (AvgIpc) is 2.88. The Morgan fingerprint density at radius 2 is 0.816 bits per heavy atom. The third kappa shape index (κ3) is 54.0. The maximum Gasteiger partial charge on any atom is 0.153 e. The molecule has 0 spiro atoms. The van der Waals surface area contributed by atoms with Crippen LogP contribution in [0.25, 0.3) is 0 Å². The molecule has 0 rings (SSSR count). The number of ether oxygens (including phenoxy) is 5. The Labute approximate surface area is 310 Å². The molecule has 0 fully saturated rings. The zero-order valence-corrected chi connectivity index (χ0v) is 23.5. The highest BCUT2D eigenvalue weighted by Gasteiger charge is 2.41. The van der Waals surface area contributed by atoms with Crippen molar-refractivity contribution in [3.8, 4) is 0 Å². The quantitative estimate of drug-likeness (QED) is 0.0457. The first kappa shape index (κ1) is 97.4. The molecule has 0 aromatic heterocycles. The van der Waals surface area contributed by atoms with Crippen molar-refractivity contribution in [1.29, 1.82) is 0 Å². The van der Waals surface area contributed by atoms with Crippen LogP contribution < -0.4 is 0 Å². The molecule has 4 unspecified atom stereocenters. The van der Waals surface area contributed by atoms with Gasteiger partial charge >= 0.3 is 0 Å². The smallest absolute Gasteiger partial charge is 0.153 e. The van der Waals surface area contributed by atoms with Crippen molar-refractivity contribution in [2.24, 2.45) is 0 Å². The Morgan fingerprint density at radius 3 is 1.12 bits per heavy atom. The molecule has 0 aliphatic carbocycles. The predicted molar refractivity (Wildman–Crippen MR) is 220 cm³/mol. The van der Waals surface area contributed by atoms with Crippen LogP contribution >= 0.6 is 0 Å². The molecule has 0 aromatic carbocycles. The van der Waals surface area contributed by atoms with Crippen LogP contribution in [0.4, 0.5) is 0 Å². The van der Waals surface area contributed by atoms with Crippen LogP contribution in [-0.4, -0.2) is 121 Å². The van der Waals surface area contributed by atoms with Crippen molar-refractivity contribution in [1.82, 2.24) is 0 Å². The Balaban J connectivity index is -0.0000000459. The number of hydrogen-bond acceptors (Lipinski definition) is 12. The Morgan fingerprint density at radius 1 is 0.490 bits per heavy atom. The van der Waals surface area contributed by atoms with Gasteiger partial charge in [-0.15, -0.1) is 13.2 Å². The van der Waals surface area contributed by atoms with Crippen LogP contribution in [0, 0.1) is 0 Å². The number of allylic oxidation sites excluding steroid dienone is 2. The molecule has 320 valence electrons. The molecular weight excluding hydrogens is 636 g/mol. The van der Waals surface area contributed by atoms with Gasteiger partial charge in [0.05, 0.1) is 64.1 Å². The Bertz CT molecular complexity index is 496. The minimum atomic E-state index is -1.35. The molecule has 0 amide bonds. The fraction of sp³-hybridized carbons (Fsp3) is 0.892. The van der Waals surface area contributed by atoms with Crippen molar-refractivity contribution < 1.29 is 59.3 Å². The van der Waals surface area contributed by atoms with Crippen molar-refractivity contribution in [2.75, 3.05) is 46.8 Å². The lowest BCUT2D eigenvalue weighted by Crippen LogP contribution is -2.54. The van der Waals surface area contributed by atoms with Gasteiger partial charge in [0.1, 0.15) is 18.3 Å². The SMILES string of the molecule is C.C.C.C.C.C.C.C.C.C.C.C.C=CC.C=CC.COCC(C)OC[C@@H](OC(C)CO)[C@@H](OC(C)CO)[C@H](OO)[C@@H](COC(C)CO)OO. The van der Waals surface area contributed by atoms with Crippen molar-refractivity contribution >= 4 is 0 Å². The number of hydrogen-bond donors (Lipinski definition) is 5. The standard InChI is InChI=1S/C19H40O12.2C3H6.12CH4/c1-12(6-20)26-11-17(30-23)19(31-24)18(29-14(3)8-22)16(28-13(2)7-21)10-27-15(4)9-25-5;2*1-3-2;;;;;;;;;;;;/h12-24H,6-11H2,1-5H3;2*3H,1H2,2H3;12*1H4/t12?,13?,14?,15?,16-,17-,18-,19-;;;;;;;;;;;;;;/m1............../s1. The number of aliphatic hydroxyl groups excluding tert-OH is 3. The van der Waals surface area contributed by atoms with Gasteiger partial charge in [0.15, 0.2) is 6.10 Å². The lowest BCUT2D eigenvalue weighted by atomic mass is 10.0. The van der Waals surface area contributed by atoms with E-state index in [2.05, 4.69) is 22.9 Å². The molecule has 0 aliphatic heterocycles. The van der Waals surface area contributed by atoms with E-state index in [9.17, 15) is 20.7 Å². The van der Waals surface area contributed by atoms with Crippen molar-refractivity contribution in [3.05, 3.63) is 25.3 Å². The van der Waals surface area contributed by atoms with E-state index in [4.69, 9.17) is 28.8 Å².